The molecule has 1 aromatic carbocycles. The second-order valence-corrected chi connectivity index (χ2v) is 6.82. The molecule has 1 heterocycles. The topological polar surface area (TPSA) is 90.5 Å². The number of nitrogens with one attached hydrogen (secondary N) is 3. The fraction of sp³-hybridized carbons (Fsp3) is 0.400. The lowest BCUT2D eigenvalue weighted by molar-refractivity contribution is -0.133. The van der Waals surface area contributed by atoms with E-state index in [0.717, 1.165) is 19.3 Å². The summed E-state index contributed by atoms with van der Waals surface area (Å²) < 4.78 is 14.3. The molecule has 0 unspecified atom stereocenters. The van der Waals surface area contributed by atoms with Crippen LogP contribution in [0.1, 0.15) is 32.1 Å². The molecule has 3 N–H and O–H groups in total. The Labute approximate surface area is 146 Å². The van der Waals surface area contributed by atoms with Crippen LogP contribution in [0.5, 0.6) is 0 Å². The number of amides is 5. The first-order chi connectivity index (χ1) is 11.4. The Hall–Kier alpha value is -2.16. The summed E-state index contributed by atoms with van der Waals surface area (Å²) in [6.45, 7) is 0. The maximum atomic E-state index is 13.7. The van der Waals surface area contributed by atoms with Crippen molar-refractivity contribution >= 4 is 39.6 Å². The lowest BCUT2D eigenvalue weighted by atomic mass is 9.82. The highest BCUT2D eigenvalue weighted by molar-refractivity contribution is 9.10. The number of imide groups is 1. The Morgan fingerprint density at radius 3 is 2.62 bits per heavy atom. The van der Waals surface area contributed by atoms with Crippen LogP contribution in [-0.4, -0.2) is 28.5 Å². The number of benzene rings is 1. The third kappa shape index (κ3) is 3.08. The highest BCUT2D eigenvalue weighted by Gasteiger charge is 2.52. The van der Waals surface area contributed by atoms with Gasteiger partial charge < -0.3 is 10.6 Å². The van der Waals surface area contributed by atoms with Gasteiger partial charge in [-0.15, -0.1) is 0 Å². The summed E-state index contributed by atoms with van der Waals surface area (Å²) in [4.78, 5) is 36.5. The van der Waals surface area contributed by atoms with Gasteiger partial charge in [-0.3, -0.25) is 4.79 Å². The highest BCUT2D eigenvalue weighted by atomic mass is 79.9. The van der Waals surface area contributed by atoms with Crippen molar-refractivity contribution in [2.24, 2.45) is 0 Å². The standard InChI is InChI=1S/C15H16BrFN4O3/c16-9-4-5-11(10(17)8-9)18-13(23)20-21-12(22)15(19-14(21)24)6-2-1-3-7-15/h4-5,8H,1-3,6-7H2,(H,19,24)(H2,18,20,23). The molecular weight excluding hydrogens is 383 g/mol. The van der Waals surface area contributed by atoms with Gasteiger partial charge in [0.15, 0.2) is 0 Å². The summed E-state index contributed by atoms with van der Waals surface area (Å²) in [6, 6.07) is 2.58. The fourth-order valence-corrected chi connectivity index (χ4v) is 3.39. The van der Waals surface area contributed by atoms with Crippen LogP contribution in [0.25, 0.3) is 0 Å². The zero-order chi connectivity index (χ0) is 17.3. The van der Waals surface area contributed by atoms with Gasteiger partial charge in [-0.1, -0.05) is 35.2 Å². The van der Waals surface area contributed by atoms with Gasteiger partial charge in [0.05, 0.1) is 5.69 Å². The molecule has 1 aliphatic carbocycles. The van der Waals surface area contributed by atoms with Gasteiger partial charge in [0.2, 0.25) is 0 Å². The molecule has 1 aliphatic heterocycles. The predicted octanol–water partition coefficient (Wildman–Crippen LogP) is 2.88. The number of carbonyl (C=O) groups is 3. The lowest BCUT2D eigenvalue weighted by Gasteiger charge is -2.30. The van der Waals surface area contributed by atoms with Crippen LogP contribution in [0.4, 0.5) is 19.7 Å². The second kappa shape index (κ2) is 6.39. The number of hydrogen-bond acceptors (Lipinski definition) is 3. The van der Waals surface area contributed by atoms with Crippen molar-refractivity contribution in [3.63, 3.8) is 0 Å². The summed E-state index contributed by atoms with van der Waals surface area (Å²) >= 11 is 3.12. The zero-order valence-electron chi connectivity index (χ0n) is 12.7. The van der Waals surface area contributed by atoms with Gasteiger partial charge in [0.1, 0.15) is 11.4 Å². The van der Waals surface area contributed by atoms with E-state index in [9.17, 15) is 18.8 Å². The molecule has 128 valence electrons. The molecule has 0 atom stereocenters. The van der Waals surface area contributed by atoms with Gasteiger partial charge in [-0.05, 0) is 31.0 Å². The number of urea groups is 2. The number of hydrogen-bond donors (Lipinski definition) is 3. The van der Waals surface area contributed by atoms with Gasteiger partial charge in [0.25, 0.3) is 5.91 Å². The Morgan fingerprint density at radius 1 is 1.25 bits per heavy atom. The molecule has 1 saturated carbocycles. The van der Waals surface area contributed by atoms with Crippen molar-refractivity contribution in [3.8, 4) is 0 Å². The van der Waals surface area contributed by atoms with Gasteiger partial charge in [-0.25, -0.2) is 19.4 Å². The number of anilines is 1. The van der Waals surface area contributed by atoms with Crippen molar-refractivity contribution < 1.29 is 18.8 Å². The molecule has 9 heteroatoms. The second-order valence-electron chi connectivity index (χ2n) is 5.90. The highest BCUT2D eigenvalue weighted by Crippen LogP contribution is 2.33. The van der Waals surface area contributed by atoms with E-state index in [1.165, 1.54) is 12.1 Å². The molecule has 2 aliphatic rings. The SMILES string of the molecule is O=C(Nc1ccc(Br)cc1F)NN1C(=O)NC2(CCCCC2)C1=O. The molecule has 1 aromatic rings. The predicted molar refractivity (Wildman–Crippen MR) is 87.4 cm³/mol. The van der Waals surface area contributed by atoms with E-state index < -0.39 is 29.3 Å². The minimum atomic E-state index is -0.925. The van der Waals surface area contributed by atoms with Crippen molar-refractivity contribution in [2.75, 3.05) is 5.32 Å². The number of carbonyl (C=O) groups excluding carboxylic acids is 3. The number of rotatable bonds is 2. The van der Waals surface area contributed by atoms with Gasteiger partial charge >= 0.3 is 12.1 Å². The molecule has 1 spiro atoms. The van der Waals surface area contributed by atoms with Crippen molar-refractivity contribution in [1.82, 2.24) is 15.8 Å². The molecule has 2 fully saturated rings. The van der Waals surface area contributed by atoms with Crippen molar-refractivity contribution in [3.05, 3.63) is 28.5 Å². The quantitative estimate of drug-likeness (QED) is 0.668. The fourth-order valence-electron chi connectivity index (χ4n) is 3.06. The first-order valence-electron chi connectivity index (χ1n) is 7.61. The monoisotopic (exact) mass is 398 g/mol. The number of nitrogens with zero attached hydrogens (tertiary/aromatic N) is 1. The first-order valence-corrected chi connectivity index (χ1v) is 8.40. The minimum Gasteiger partial charge on any atom is -0.322 e. The van der Waals surface area contributed by atoms with Crippen molar-refractivity contribution in [2.45, 2.75) is 37.6 Å². The molecule has 5 amide bonds. The molecular formula is C15H16BrFN4O3. The van der Waals surface area contributed by atoms with E-state index in [1.54, 1.807) is 6.07 Å². The summed E-state index contributed by atoms with van der Waals surface area (Å²) in [7, 11) is 0. The van der Waals surface area contributed by atoms with Crippen LogP contribution in [0.3, 0.4) is 0 Å². The van der Waals surface area contributed by atoms with E-state index in [1.807, 2.05) is 0 Å². The Kier molecular flexibility index (Phi) is 4.44. The van der Waals surface area contributed by atoms with E-state index in [4.69, 9.17) is 0 Å². The molecule has 0 aromatic heterocycles. The average Bonchev–Trinajstić information content (AvgIpc) is 2.75. The van der Waals surface area contributed by atoms with E-state index >= 15 is 0 Å². The molecule has 0 bridgehead atoms. The molecule has 0 radical (unpaired) electrons. The Bertz CT molecular complexity index is 706. The normalized spacial score (nSPS) is 19.3. The van der Waals surface area contributed by atoms with E-state index in [2.05, 4.69) is 32.0 Å². The summed E-state index contributed by atoms with van der Waals surface area (Å²) in [5.41, 5.74) is 1.20. The maximum Gasteiger partial charge on any atom is 0.344 e. The van der Waals surface area contributed by atoms with Crippen LogP contribution < -0.4 is 16.1 Å². The molecule has 7 nitrogen and oxygen atoms in total. The van der Waals surface area contributed by atoms with Crippen LogP contribution in [0.2, 0.25) is 0 Å². The zero-order valence-corrected chi connectivity index (χ0v) is 14.3. The average molecular weight is 399 g/mol. The van der Waals surface area contributed by atoms with Crippen molar-refractivity contribution in [1.29, 1.82) is 0 Å². The maximum absolute atomic E-state index is 13.7. The molecule has 1 saturated heterocycles. The molecule has 24 heavy (non-hydrogen) atoms. The summed E-state index contributed by atoms with van der Waals surface area (Å²) in [5, 5.41) is 5.61. The first kappa shape index (κ1) is 16.7. The summed E-state index contributed by atoms with van der Waals surface area (Å²) in [6.07, 6.45) is 3.81. The number of halogens is 2. The van der Waals surface area contributed by atoms with E-state index in [0.29, 0.717) is 22.3 Å². The Morgan fingerprint density at radius 2 is 1.96 bits per heavy atom. The minimum absolute atomic E-state index is 0.0601. The Balaban J connectivity index is 1.68. The van der Waals surface area contributed by atoms with E-state index in [-0.39, 0.29) is 5.69 Å². The van der Waals surface area contributed by atoms with Gasteiger partial charge in [0, 0.05) is 4.47 Å². The smallest absolute Gasteiger partial charge is 0.322 e. The molecule has 3 rings (SSSR count). The lowest BCUT2D eigenvalue weighted by Crippen LogP contribution is -2.51. The van der Waals surface area contributed by atoms with Crippen LogP contribution in [0.15, 0.2) is 22.7 Å². The van der Waals surface area contributed by atoms with Crippen LogP contribution >= 0.6 is 15.9 Å². The summed E-state index contributed by atoms with van der Waals surface area (Å²) in [5.74, 6) is -1.11. The number of hydrazine groups is 1. The van der Waals surface area contributed by atoms with Crippen LogP contribution in [0, 0.1) is 5.82 Å². The van der Waals surface area contributed by atoms with Crippen LogP contribution in [-0.2, 0) is 4.79 Å². The third-order valence-corrected chi connectivity index (χ3v) is 4.75. The largest absolute Gasteiger partial charge is 0.344 e. The third-order valence-electron chi connectivity index (χ3n) is 4.26. The van der Waals surface area contributed by atoms with Gasteiger partial charge in [-0.2, -0.15) is 5.01 Å².